The highest BCUT2D eigenvalue weighted by molar-refractivity contribution is 7.98. The van der Waals surface area contributed by atoms with Crippen molar-refractivity contribution in [3.63, 3.8) is 0 Å². The van der Waals surface area contributed by atoms with Crippen LogP contribution in [0.15, 0.2) is 41.3 Å². The van der Waals surface area contributed by atoms with Gasteiger partial charge in [0.1, 0.15) is 11.9 Å². The van der Waals surface area contributed by atoms with Gasteiger partial charge in [-0.15, -0.1) is 11.8 Å². The molecule has 222 valence electrons. The number of amides is 1. The van der Waals surface area contributed by atoms with Crippen molar-refractivity contribution in [2.45, 2.75) is 83.3 Å². The number of carboxylic acids is 1. The first-order valence-electron chi connectivity index (χ1n) is 14.5. The number of hydrogen-bond acceptors (Lipinski definition) is 6. The maximum absolute atomic E-state index is 13.8. The van der Waals surface area contributed by atoms with Gasteiger partial charge >= 0.3 is 12.1 Å². The van der Waals surface area contributed by atoms with Gasteiger partial charge < -0.3 is 19.5 Å². The van der Waals surface area contributed by atoms with Gasteiger partial charge in [-0.25, -0.2) is 9.59 Å². The lowest BCUT2D eigenvalue weighted by molar-refractivity contribution is -0.152. The lowest BCUT2D eigenvalue weighted by atomic mass is 9.84. The van der Waals surface area contributed by atoms with Gasteiger partial charge in [0.15, 0.2) is 11.4 Å². The van der Waals surface area contributed by atoms with E-state index in [1.807, 2.05) is 56.5 Å². The number of ether oxygens (including phenoxy) is 2. The van der Waals surface area contributed by atoms with Gasteiger partial charge in [-0.05, 0) is 107 Å². The van der Waals surface area contributed by atoms with E-state index in [4.69, 9.17) is 9.47 Å². The zero-order chi connectivity index (χ0) is 29.9. The van der Waals surface area contributed by atoms with Gasteiger partial charge in [-0.2, -0.15) is 0 Å². The van der Waals surface area contributed by atoms with Crippen LogP contribution in [0.2, 0.25) is 0 Å². The molecule has 0 bridgehead atoms. The molecule has 4 rings (SSSR count). The average Bonchev–Trinajstić information content (AvgIpc) is 3.35. The molecule has 0 aromatic heterocycles. The number of aliphatic carboxylic acids is 1. The first-order valence-corrected chi connectivity index (χ1v) is 15.8. The normalized spacial score (nSPS) is 22.8. The molecule has 1 heterocycles. The largest absolute Gasteiger partial charge is 0.478 e. The Hall–Kier alpha value is -3.00. The number of rotatable bonds is 9. The second-order valence-corrected chi connectivity index (χ2v) is 13.2. The quantitative estimate of drug-likeness (QED) is 0.253. The van der Waals surface area contributed by atoms with Gasteiger partial charge in [-0.3, -0.25) is 4.79 Å². The minimum absolute atomic E-state index is 0.0426. The number of thioether (sulfide) groups is 1. The molecule has 2 aromatic carbocycles. The van der Waals surface area contributed by atoms with E-state index in [0.717, 1.165) is 47.3 Å². The molecule has 41 heavy (non-hydrogen) atoms. The second kappa shape index (κ2) is 12.9. The first-order chi connectivity index (χ1) is 19.4. The summed E-state index contributed by atoms with van der Waals surface area (Å²) in [7, 11) is 0. The van der Waals surface area contributed by atoms with Crippen molar-refractivity contribution in [3.8, 4) is 5.75 Å². The van der Waals surface area contributed by atoms with Crippen LogP contribution in [0.25, 0.3) is 0 Å². The van der Waals surface area contributed by atoms with Crippen LogP contribution < -0.4 is 4.74 Å². The van der Waals surface area contributed by atoms with E-state index in [2.05, 4.69) is 6.92 Å². The molecule has 1 amide bonds. The summed E-state index contributed by atoms with van der Waals surface area (Å²) in [4.78, 5) is 41.5. The lowest BCUT2D eigenvalue weighted by Gasteiger charge is -2.28. The molecule has 2 aromatic rings. The summed E-state index contributed by atoms with van der Waals surface area (Å²) in [6.07, 6.45) is 6.14. The number of hydrogen-bond donors (Lipinski definition) is 1. The van der Waals surface area contributed by atoms with Crippen LogP contribution in [-0.2, 0) is 16.0 Å². The predicted molar refractivity (Wildman–Crippen MR) is 161 cm³/mol. The van der Waals surface area contributed by atoms with Gasteiger partial charge in [0.05, 0.1) is 0 Å². The van der Waals surface area contributed by atoms with E-state index in [9.17, 15) is 19.5 Å². The molecule has 1 N–H and O–H groups in total. The Morgan fingerprint density at radius 3 is 2.17 bits per heavy atom. The molecule has 1 unspecified atom stereocenters. The van der Waals surface area contributed by atoms with Crippen LogP contribution in [0, 0.1) is 31.6 Å². The number of likely N-dealkylation sites (tertiary alicyclic amines) is 1. The number of benzene rings is 2. The number of ketones is 1. The minimum atomic E-state index is -1.36. The van der Waals surface area contributed by atoms with E-state index in [1.165, 1.54) is 13.8 Å². The SMILES string of the molecule is CSc1ccc(C(=O)C2CN(C(=O)OC3CCC(C)CC3)C[C@@H]2Cc2cc(C)c(OC(C)(C)C(=O)O)c(C)c2)cc1. The Balaban J connectivity index is 1.55. The fraction of sp³-hybridized carbons (Fsp3) is 0.545. The van der Waals surface area contributed by atoms with Crippen molar-refractivity contribution in [3.05, 3.63) is 58.7 Å². The molecule has 2 aliphatic rings. The standard InChI is InChI=1S/C33H43NO6S/c1-20-7-11-26(12-8-20)39-32(38)34-18-25(28(19-34)29(35)24-9-13-27(41-6)14-10-24)17-23-15-21(2)30(22(3)16-23)40-33(4,5)31(36)37/h9-10,13-16,20,25-26,28H,7-8,11-12,17-19H2,1-6H3,(H,36,37)/t20?,25-,26?,28?/m0/s1. The molecular formula is C33H43NO6S. The van der Waals surface area contributed by atoms with Crippen molar-refractivity contribution >= 4 is 29.6 Å². The third-order valence-corrected chi connectivity index (χ3v) is 9.27. The van der Waals surface area contributed by atoms with Crippen LogP contribution >= 0.6 is 11.8 Å². The third kappa shape index (κ3) is 7.45. The van der Waals surface area contributed by atoms with Crippen molar-refractivity contribution in [2.24, 2.45) is 17.8 Å². The fourth-order valence-corrected chi connectivity index (χ4v) is 6.39. The molecule has 1 aliphatic heterocycles. The van der Waals surface area contributed by atoms with Crippen LogP contribution in [0.3, 0.4) is 0 Å². The Labute approximate surface area is 248 Å². The van der Waals surface area contributed by atoms with E-state index in [1.54, 1.807) is 16.7 Å². The van der Waals surface area contributed by atoms with Gasteiger partial charge in [-0.1, -0.05) is 31.2 Å². The number of carbonyl (C=O) groups excluding carboxylic acids is 2. The summed E-state index contributed by atoms with van der Waals surface area (Å²) < 4.78 is 11.8. The van der Waals surface area contributed by atoms with Crippen LogP contribution in [0.1, 0.15) is 73.5 Å². The average molecular weight is 582 g/mol. The van der Waals surface area contributed by atoms with E-state index < -0.39 is 11.6 Å². The zero-order valence-electron chi connectivity index (χ0n) is 25.1. The third-order valence-electron chi connectivity index (χ3n) is 8.53. The summed E-state index contributed by atoms with van der Waals surface area (Å²) in [6, 6.07) is 11.7. The number of carbonyl (C=O) groups is 3. The van der Waals surface area contributed by atoms with E-state index in [-0.39, 0.29) is 29.8 Å². The topological polar surface area (TPSA) is 93.1 Å². The van der Waals surface area contributed by atoms with Crippen LogP contribution in [0.4, 0.5) is 4.79 Å². The molecule has 1 aliphatic carbocycles. The van der Waals surface area contributed by atoms with Crippen molar-refractivity contribution in [1.82, 2.24) is 4.90 Å². The second-order valence-electron chi connectivity index (χ2n) is 12.3. The summed E-state index contributed by atoms with van der Waals surface area (Å²) in [5.41, 5.74) is 2.00. The van der Waals surface area contributed by atoms with Crippen molar-refractivity contribution in [1.29, 1.82) is 0 Å². The molecule has 8 heteroatoms. The van der Waals surface area contributed by atoms with Crippen molar-refractivity contribution in [2.75, 3.05) is 19.3 Å². The summed E-state index contributed by atoms with van der Waals surface area (Å²) in [6.45, 7) is 9.89. The molecule has 1 saturated carbocycles. The first kappa shape index (κ1) is 30.9. The van der Waals surface area contributed by atoms with Gasteiger partial charge in [0.2, 0.25) is 0 Å². The Kier molecular flexibility index (Phi) is 9.73. The Morgan fingerprint density at radius 1 is 1.00 bits per heavy atom. The molecule has 1 saturated heterocycles. The van der Waals surface area contributed by atoms with E-state index in [0.29, 0.717) is 36.7 Å². The Morgan fingerprint density at radius 2 is 1.61 bits per heavy atom. The number of carboxylic acid groups (broad SMARTS) is 1. The summed E-state index contributed by atoms with van der Waals surface area (Å²) >= 11 is 1.63. The molecule has 2 fully saturated rings. The molecule has 7 nitrogen and oxygen atoms in total. The lowest BCUT2D eigenvalue weighted by Crippen LogP contribution is -2.38. The minimum Gasteiger partial charge on any atom is -0.478 e. The maximum atomic E-state index is 13.8. The summed E-state index contributed by atoms with van der Waals surface area (Å²) in [5.74, 6) is -0.200. The highest BCUT2D eigenvalue weighted by Crippen LogP contribution is 2.35. The van der Waals surface area contributed by atoms with E-state index >= 15 is 0 Å². The molecular weight excluding hydrogens is 538 g/mol. The monoisotopic (exact) mass is 581 g/mol. The predicted octanol–water partition coefficient (Wildman–Crippen LogP) is 6.96. The Bertz CT molecular complexity index is 1240. The zero-order valence-corrected chi connectivity index (χ0v) is 25.9. The van der Waals surface area contributed by atoms with Gasteiger partial charge in [0.25, 0.3) is 0 Å². The number of aryl methyl sites for hydroxylation is 2. The number of Topliss-reactive ketones (excluding diaryl/α,β-unsaturated/α-hetero) is 1. The van der Waals surface area contributed by atoms with Crippen LogP contribution in [-0.4, -0.2) is 58.9 Å². The maximum Gasteiger partial charge on any atom is 0.410 e. The van der Waals surface area contributed by atoms with Crippen molar-refractivity contribution < 1.29 is 29.0 Å². The summed E-state index contributed by atoms with van der Waals surface area (Å²) in [5, 5.41) is 9.52. The molecule has 0 radical (unpaired) electrons. The molecule has 2 atom stereocenters. The smallest absolute Gasteiger partial charge is 0.410 e. The molecule has 0 spiro atoms. The number of nitrogens with zero attached hydrogens (tertiary/aromatic N) is 1. The van der Waals surface area contributed by atoms with Gasteiger partial charge in [0, 0.05) is 29.5 Å². The highest BCUT2D eigenvalue weighted by Gasteiger charge is 2.41. The fourth-order valence-electron chi connectivity index (χ4n) is 5.98. The highest BCUT2D eigenvalue weighted by atomic mass is 32.2. The van der Waals surface area contributed by atoms with Crippen LogP contribution in [0.5, 0.6) is 5.75 Å².